The topological polar surface area (TPSA) is 38.3 Å². The minimum atomic E-state index is -1.01. The summed E-state index contributed by atoms with van der Waals surface area (Å²) in [4.78, 5) is 12.1. The van der Waals surface area contributed by atoms with Crippen molar-refractivity contribution >= 4 is 11.6 Å². The number of nitrogens with one attached hydrogen (secondary N) is 1. The minimum absolute atomic E-state index is 0.182. The number of rotatable bonds is 4. The maximum Gasteiger partial charge on any atom is 0.265 e. The lowest BCUT2D eigenvalue weighted by Gasteiger charge is -2.18. The highest BCUT2D eigenvalue weighted by Gasteiger charge is 2.17. The van der Waals surface area contributed by atoms with E-state index in [2.05, 4.69) is 5.32 Å². The normalized spacial score (nSPS) is 11.9. The Labute approximate surface area is 134 Å². The van der Waals surface area contributed by atoms with Crippen LogP contribution in [0.4, 0.5) is 14.5 Å². The summed E-state index contributed by atoms with van der Waals surface area (Å²) in [5.74, 6) is -1.77. The first-order valence-electron chi connectivity index (χ1n) is 7.28. The van der Waals surface area contributed by atoms with Gasteiger partial charge in [-0.05, 0) is 62.6 Å². The molecule has 0 heterocycles. The van der Waals surface area contributed by atoms with Crippen molar-refractivity contribution in [1.29, 1.82) is 0 Å². The van der Waals surface area contributed by atoms with Gasteiger partial charge in [0.05, 0.1) is 0 Å². The largest absolute Gasteiger partial charge is 0.481 e. The van der Waals surface area contributed by atoms with Gasteiger partial charge in [-0.3, -0.25) is 4.79 Å². The minimum Gasteiger partial charge on any atom is -0.481 e. The quantitative estimate of drug-likeness (QED) is 0.912. The van der Waals surface area contributed by atoms with Crippen molar-refractivity contribution in [3.8, 4) is 5.75 Å². The summed E-state index contributed by atoms with van der Waals surface area (Å²) in [6, 6.07) is 7.09. The van der Waals surface area contributed by atoms with Gasteiger partial charge in [-0.2, -0.15) is 0 Å². The monoisotopic (exact) mass is 319 g/mol. The van der Waals surface area contributed by atoms with Gasteiger partial charge >= 0.3 is 0 Å². The number of hydrogen-bond acceptors (Lipinski definition) is 2. The molecule has 0 aliphatic carbocycles. The van der Waals surface area contributed by atoms with Crippen molar-refractivity contribution in [1.82, 2.24) is 0 Å². The van der Waals surface area contributed by atoms with E-state index in [1.165, 1.54) is 6.07 Å². The second-order valence-electron chi connectivity index (χ2n) is 5.58. The Hall–Kier alpha value is -2.43. The van der Waals surface area contributed by atoms with Crippen LogP contribution in [0.5, 0.6) is 5.75 Å². The van der Waals surface area contributed by atoms with Crippen LogP contribution in [-0.2, 0) is 4.79 Å². The molecule has 0 saturated heterocycles. The number of aryl methyl sites for hydroxylation is 2. The third-order valence-corrected chi connectivity index (χ3v) is 3.62. The molecule has 1 atom stereocenters. The number of amides is 1. The molecule has 122 valence electrons. The van der Waals surface area contributed by atoms with Gasteiger partial charge in [0.1, 0.15) is 5.75 Å². The molecule has 0 aliphatic heterocycles. The summed E-state index contributed by atoms with van der Waals surface area (Å²) in [6.45, 7) is 7.45. The smallest absolute Gasteiger partial charge is 0.265 e. The maximum absolute atomic E-state index is 13.2. The zero-order valence-corrected chi connectivity index (χ0v) is 13.5. The van der Waals surface area contributed by atoms with Crippen molar-refractivity contribution in [2.24, 2.45) is 0 Å². The Bertz CT molecular complexity index is 744. The van der Waals surface area contributed by atoms with Gasteiger partial charge in [0.2, 0.25) is 0 Å². The van der Waals surface area contributed by atoms with Gasteiger partial charge in [0, 0.05) is 11.8 Å². The van der Waals surface area contributed by atoms with E-state index in [0.29, 0.717) is 5.75 Å². The molecule has 1 N–H and O–H groups in total. The van der Waals surface area contributed by atoms with E-state index >= 15 is 0 Å². The molecule has 2 rings (SSSR count). The fraction of sp³-hybridized carbons (Fsp3) is 0.278. The van der Waals surface area contributed by atoms with Crippen molar-refractivity contribution in [2.45, 2.75) is 33.8 Å². The third-order valence-electron chi connectivity index (χ3n) is 3.62. The molecule has 0 bridgehead atoms. The highest BCUT2D eigenvalue weighted by Crippen LogP contribution is 2.24. The molecule has 0 aromatic heterocycles. The van der Waals surface area contributed by atoms with Crippen molar-refractivity contribution in [2.75, 3.05) is 5.32 Å². The van der Waals surface area contributed by atoms with Gasteiger partial charge in [-0.15, -0.1) is 0 Å². The van der Waals surface area contributed by atoms with E-state index in [-0.39, 0.29) is 5.69 Å². The molecule has 0 fully saturated rings. The third kappa shape index (κ3) is 4.06. The van der Waals surface area contributed by atoms with Crippen LogP contribution >= 0.6 is 0 Å². The first-order valence-corrected chi connectivity index (χ1v) is 7.28. The van der Waals surface area contributed by atoms with Crippen LogP contribution in [0, 0.1) is 32.4 Å². The van der Waals surface area contributed by atoms with Crippen LogP contribution in [0.3, 0.4) is 0 Å². The Balaban J connectivity index is 2.10. The summed E-state index contributed by atoms with van der Waals surface area (Å²) in [7, 11) is 0. The van der Waals surface area contributed by atoms with Crippen LogP contribution in [0.1, 0.15) is 23.6 Å². The molecular formula is C18H19F2NO2. The molecule has 0 spiro atoms. The standard InChI is InChI=1S/C18H19F2NO2/c1-10-7-11(2)12(3)17(8-10)23-13(4)18(22)21-14-5-6-15(19)16(20)9-14/h5-9,13H,1-4H3,(H,21,22). The number of carbonyl (C=O) groups excluding carboxylic acids is 1. The van der Waals surface area contributed by atoms with Crippen LogP contribution in [0.15, 0.2) is 30.3 Å². The Kier molecular flexibility index (Phi) is 4.98. The van der Waals surface area contributed by atoms with E-state index in [9.17, 15) is 13.6 Å². The van der Waals surface area contributed by atoms with E-state index in [1.54, 1.807) is 6.92 Å². The highest BCUT2D eigenvalue weighted by atomic mass is 19.2. The predicted octanol–water partition coefficient (Wildman–Crippen LogP) is 4.30. The van der Waals surface area contributed by atoms with E-state index in [0.717, 1.165) is 28.8 Å². The van der Waals surface area contributed by atoms with Gasteiger partial charge in [0.25, 0.3) is 5.91 Å². The Morgan fingerprint density at radius 3 is 2.43 bits per heavy atom. The zero-order valence-electron chi connectivity index (χ0n) is 13.5. The molecule has 0 aliphatic rings. The van der Waals surface area contributed by atoms with Crippen LogP contribution in [0.2, 0.25) is 0 Å². The Morgan fingerprint density at radius 2 is 1.78 bits per heavy atom. The molecule has 1 unspecified atom stereocenters. The summed E-state index contributed by atoms with van der Waals surface area (Å²) in [6.07, 6.45) is -0.775. The maximum atomic E-state index is 13.2. The fourth-order valence-corrected chi connectivity index (χ4v) is 2.18. The van der Waals surface area contributed by atoms with Crippen LogP contribution in [-0.4, -0.2) is 12.0 Å². The second-order valence-corrected chi connectivity index (χ2v) is 5.58. The Morgan fingerprint density at radius 1 is 1.09 bits per heavy atom. The number of ether oxygens (including phenoxy) is 1. The number of hydrogen-bond donors (Lipinski definition) is 1. The summed E-state index contributed by atoms with van der Waals surface area (Å²) < 4.78 is 31.8. The molecule has 2 aromatic rings. The lowest BCUT2D eigenvalue weighted by atomic mass is 10.1. The highest BCUT2D eigenvalue weighted by molar-refractivity contribution is 5.94. The lowest BCUT2D eigenvalue weighted by Crippen LogP contribution is -2.30. The first-order chi connectivity index (χ1) is 10.8. The molecule has 2 aromatic carbocycles. The lowest BCUT2D eigenvalue weighted by molar-refractivity contribution is -0.122. The summed E-state index contributed by atoms with van der Waals surface area (Å²) in [5, 5.41) is 2.51. The van der Waals surface area contributed by atoms with Gasteiger partial charge in [-0.1, -0.05) is 6.07 Å². The number of anilines is 1. The summed E-state index contributed by atoms with van der Waals surface area (Å²) >= 11 is 0. The van der Waals surface area contributed by atoms with Gasteiger partial charge in [0.15, 0.2) is 17.7 Å². The number of carbonyl (C=O) groups is 1. The number of benzene rings is 2. The molecule has 3 nitrogen and oxygen atoms in total. The van der Waals surface area contributed by atoms with E-state index in [4.69, 9.17) is 4.74 Å². The zero-order chi connectivity index (χ0) is 17.1. The SMILES string of the molecule is Cc1cc(C)c(C)c(OC(C)C(=O)Nc2ccc(F)c(F)c2)c1. The summed E-state index contributed by atoms with van der Waals surface area (Å²) in [5.41, 5.74) is 3.26. The van der Waals surface area contributed by atoms with E-state index < -0.39 is 23.6 Å². The number of halogens is 2. The van der Waals surface area contributed by atoms with Gasteiger partial charge < -0.3 is 10.1 Å². The fourth-order valence-electron chi connectivity index (χ4n) is 2.18. The van der Waals surface area contributed by atoms with Crippen molar-refractivity contribution in [3.63, 3.8) is 0 Å². The average Bonchev–Trinajstić information content (AvgIpc) is 2.48. The predicted molar refractivity (Wildman–Crippen MR) is 85.7 cm³/mol. The molecule has 5 heteroatoms. The van der Waals surface area contributed by atoms with Crippen molar-refractivity contribution in [3.05, 3.63) is 58.7 Å². The molecular weight excluding hydrogens is 300 g/mol. The first kappa shape index (κ1) is 16.9. The molecule has 0 radical (unpaired) electrons. The van der Waals surface area contributed by atoms with Crippen molar-refractivity contribution < 1.29 is 18.3 Å². The van der Waals surface area contributed by atoms with Gasteiger partial charge in [-0.25, -0.2) is 8.78 Å². The second kappa shape index (κ2) is 6.77. The van der Waals surface area contributed by atoms with Crippen LogP contribution < -0.4 is 10.1 Å². The molecule has 1 amide bonds. The average molecular weight is 319 g/mol. The van der Waals surface area contributed by atoms with Crippen LogP contribution in [0.25, 0.3) is 0 Å². The molecule has 23 heavy (non-hydrogen) atoms. The molecule has 0 saturated carbocycles. The van der Waals surface area contributed by atoms with E-state index in [1.807, 2.05) is 32.9 Å².